The van der Waals surface area contributed by atoms with Crippen molar-refractivity contribution in [1.29, 1.82) is 0 Å². The third kappa shape index (κ3) is 2.22. The average molecular weight is 262 g/mol. The van der Waals surface area contributed by atoms with Crippen LogP contribution in [0.25, 0.3) is 11.3 Å². The molecule has 0 saturated carbocycles. The van der Waals surface area contributed by atoms with E-state index in [1.54, 1.807) is 13.1 Å². The molecule has 0 fully saturated rings. The molecule has 0 saturated heterocycles. The quantitative estimate of drug-likeness (QED) is 0.780. The summed E-state index contributed by atoms with van der Waals surface area (Å²) >= 11 is 5.35. The maximum Gasteiger partial charge on any atom is 0.262 e. The fourth-order valence-corrected chi connectivity index (χ4v) is 1.94. The molecule has 0 radical (unpaired) electrons. The van der Waals surface area contributed by atoms with Gasteiger partial charge >= 0.3 is 0 Å². The van der Waals surface area contributed by atoms with Crippen LogP contribution in [0.5, 0.6) is 0 Å². The Morgan fingerprint density at radius 1 is 1.11 bits per heavy atom. The standard InChI is InChI=1S/C14H12ClNO2/c1-9-3-5-10(6-4-9)12-8-7-11(13(15)17)14(18)16(12)2/h3-8H,1-2H3. The Balaban J connectivity index is 2.61. The second-order valence-corrected chi connectivity index (χ2v) is 4.48. The van der Waals surface area contributed by atoms with Crippen LogP contribution in [0.1, 0.15) is 15.9 Å². The lowest BCUT2D eigenvalue weighted by Gasteiger charge is -2.09. The molecule has 0 unspecified atom stereocenters. The number of carbonyl (C=O) groups excluding carboxylic acids is 1. The maximum absolute atomic E-state index is 11.9. The second-order valence-electron chi connectivity index (χ2n) is 4.14. The van der Waals surface area contributed by atoms with Gasteiger partial charge in [-0.15, -0.1) is 0 Å². The fraction of sp³-hybridized carbons (Fsp3) is 0.143. The van der Waals surface area contributed by atoms with Gasteiger partial charge in [0.2, 0.25) is 0 Å². The maximum atomic E-state index is 11.9. The van der Waals surface area contributed by atoms with Gasteiger partial charge in [-0.3, -0.25) is 9.59 Å². The van der Waals surface area contributed by atoms with Crippen molar-refractivity contribution in [3.63, 3.8) is 0 Å². The van der Waals surface area contributed by atoms with Gasteiger partial charge in [-0.2, -0.15) is 0 Å². The van der Waals surface area contributed by atoms with E-state index in [9.17, 15) is 9.59 Å². The number of nitrogens with zero attached hydrogens (tertiary/aromatic N) is 1. The third-order valence-electron chi connectivity index (χ3n) is 2.86. The second kappa shape index (κ2) is 4.78. The summed E-state index contributed by atoms with van der Waals surface area (Å²) in [6, 6.07) is 11.0. The highest BCUT2D eigenvalue weighted by Gasteiger charge is 2.11. The van der Waals surface area contributed by atoms with Gasteiger partial charge < -0.3 is 4.57 Å². The van der Waals surface area contributed by atoms with Crippen molar-refractivity contribution in [3.05, 3.63) is 57.9 Å². The van der Waals surface area contributed by atoms with Crippen molar-refractivity contribution >= 4 is 16.8 Å². The van der Waals surface area contributed by atoms with E-state index in [2.05, 4.69) is 0 Å². The number of hydrogen-bond acceptors (Lipinski definition) is 2. The van der Waals surface area contributed by atoms with E-state index in [1.165, 1.54) is 10.6 Å². The highest BCUT2D eigenvalue weighted by atomic mass is 35.5. The molecule has 3 nitrogen and oxygen atoms in total. The number of hydrogen-bond donors (Lipinski definition) is 0. The SMILES string of the molecule is Cc1ccc(-c2ccc(C(=O)Cl)c(=O)n2C)cc1. The minimum absolute atomic E-state index is 0.00460. The van der Waals surface area contributed by atoms with Gasteiger partial charge in [0, 0.05) is 7.05 Å². The molecule has 1 heterocycles. The van der Waals surface area contributed by atoms with Gasteiger partial charge in [-0.25, -0.2) is 0 Å². The van der Waals surface area contributed by atoms with Crippen LogP contribution < -0.4 is 5.56 Å². The lowest BCUT2D eigenvalue weighted by Crippen LogP contribution is -2.23. The number of pyridine rings is 1. The van der Waals surface area contributed by atoms with Crippen LogP contribution in [-0.2, 0) is 7.05 Å². The van der Waals surface area contributed by atoms with E-state index in [1.807, 2.05) is 31.2 Å². The summed E-state index contributed by atoms with van der Waals surface area (Å²) in [6.45, 7) is 2.00. The highest BCUT2D eigenvalue weighted by molar-refractivity contribution is 6.67. The lowest BCUT2D eigenvalue weighted by atomic mass is 10.1. The minimum atomic E-state index is -0.731. The molecule has 1 aromatic carbocycles. The summed E-state index contributed by atoms with van der Waals surface area (Å²) in [5.41, 5.74) is 2.44. The number of halogens is 1. The molecule has 0 N–H and O–H groups in total. The van der Waals surface area contributed by atoms with Crippen LogP contribution in [0.2, 0.25) is 0 Å². The lowest BCUT2D eigenvalue weighted by molar-refractivity contribution is 0.107. The first-order valence-electron chi connectivity index (χ1n) is 5.47. The van der Waals surface area contributed by atoms with Gasteiger partial charge in [-0.1, -0.05) is 29.8 Å². The Morgan fingerprint density at radius 2 is 1.72 bits per heavy atom. The molecule has 2 aromatic rings. The predicted octanol–water partition coefficient (Wildman–Crippen LogP) is 2.74. The predicted molar refractivity (Wildman–Crippen MR) is 72.0 cm³/mol. The van der Waals surface area contributed by atoms with Crippen LogP contribution in [0.15, 0.2) is 41.2 Å². The Morgan fingerprint density at radius 3 is 2.28 bits per heavy atom. The van der Waals surface area contributed by atoms with Crippen LogP contribution >= 0.6 is 11.6 Å². The number of carbonyl (C=O) groups is 1. The summed E-state index contributed by atoms with van der Waals surface area (Å²) in [7, 11) is 1.63. The van der Waals surface area contributed by atoms with Crippen molar-refractivity contribution < 1.29 is 4.79 Å². The van der Waals surface area contributed by atoms with Crippen LogP contribution in [0.4, 0.5) is 0 Å². The number of aryl methyl sites for hydroxylation is 1. The van der Waals surface area contributed by atoms with Crippen LogP contribution in [0, 0.1) is 6.92 Å². The largest absolute Gasteiger partial charge is 0.311 e. The Kier molecular flexibility index (Phi) is 3.34. The molecule has 0 aliphatic rings. The molecule has 0 amide bonds. The zero-order valence-corrected chi connectivity index (χ0v) is 10.9. The molecule has 2 rings (SSSR count). The van der Waals surface area contributed by atoms with Gasteiger partial charge in [-0.05, 0) is 36.2 Å². The monoisotopic (exact) mass is 261 g/mol. The third-order valence-corrected chi connectivity index (χ3v) is 3.07. The van der Waals surface area contributed by atoms with Crippen LogP contribution in [-0.4, -0.2) is 9.81 Å². The summed E-state index contributed by atoms with van der Waals surface area (Å²) in [6.07, 6.45) is 0. The topological polar surface area (TPSA) is 39.1 Å². The molecule has 92 valence electrons. The molecule has 0 aliphatic carbocycles. The van der Waals surface area contributed by atoms with Crippen LogP contribution in [0.3, 0.4) is 0 Å². The van der Waals surface area contributed by atoms with E-state index in [-0.39, 0.29) is 11.1 Å². The first-order valence-corrected chi connectivity index (χ1v) is 5.85. The zero-order chi connectivity index (χ0) is 13.3. The molecule has 0 aliphatic heterocycles. The van der Waals surface area contributed by atoms with E-state index in [0.717, 1.165) is 16.8 Å². The molecule has 0 spiro atoms. The van der Waals surface area contributed by atoms with E-state index >= 15 is 0 Å². The van der Waals surface area contributed by atoms with Crippen molar-refractivity contribution in [3.8, 4) is 11.3 Å². The van der Waals surface area contributed by atoms with Gasteiger partial charge in [0.05, 0.1) is 11.3 Å². The first-order chi connectivity index (χ1) is 8.50. The Labute approximate surface area is 110 Å². The molecule has 18 heavy (non-hydrogen) atoms. The molecular weight excluding hydrogens is 250 g/mol. The average Bonchev–Trinajstić information content (AvgIpc) is 2.33. The van der Waals surface area contributed by atoms with Gasteiger partial charge in [0.1, 0.15) is 0 Å². The summed E-state index contributed by atoms with van der Waals surface area (Å²) in [5.74, 6) is 0. The van der Waals surface area contributed by atoms with Crippen molar-refractivity contribution in [2.75, 3.05) is 0 Å². The van der Waals surface area contributed by atoms with Crippen molar-refractivity contribution in [2.45, 2.75) is 6.92 Å². The highest BCUT2D eigenvalue weighted by Crippen LogP contribution is 2.18. The van der Waals surface area contributed by atoms with Gasteiger partial charge in [0.25, 0.3) is 10.8 Å². The number of aromatic nitrogens is 1. The number of benzene rings is 1. The fourth-order valence-electron chi connectivity index (χ4n) is 1.80. The molecular formula is C14H12ClNO2. The first kappa shape index (κ1) is 12.6. The smallest absolute Gasteiger partial charge is 0.262 e. The molecule has 0 bridgehead atoms. The summed E-state index contributed by atoms with van der Waals surface area (Å²) in [4.78, 5) is 23.0. The normalized spacial score (nSPS) is 10.4. The summed E-state index contributed by atoms with van der Waals surface area (Å²) in [5, 5.41) is -0.731. The van der Waals surface area contributed by atoms with Gasteiger partial charge in [0.15, 0.2) is 0 Å². The Bertz CT molecular complexity index is 656. The van der Waals surface area contributed by atoms with Crippen molar-refractivity contribution in [2.24, 2.45) is 7.05 Å². The number of rotatable bonds is 2. The van der Waals surface area contributed by atoms with E-state index in [0.29, 0.717) is 0 Å². The Hall–Kier alpha value is -1.87. The molecule has 4 heteroatoms. The molecule has 1 aromatic heterocycles. The summed E-state index contributed by atoms with van der Waals surface area (Å²) < 4.78 is 1.43. The van der Waals surface area contributed by atoms with E-state index < -0.39 is 5.24 Å². The van der Waals surface area contributed by atoms with Crippen molar-refractivity contribution in [1.82, 2.24) is 4.57 Å². The zero-order valence-electron chi connectivity index (χ0n) is 10.1. The minimum Gasteiger partial charge on any atom is -0.311 e. The van der Waals surface area contributed by atoms with E-state index in [4.69, 9.17) is 11.6 Å². The molecule has 0 atom stereocenters.